The third-order valence-electron chi connectivity index (χ3n) is 7.24. The molecule has 210 valence electrons. The van der Waals surface area contributed by atoms with Gasteiger partial charge in [0.05, 0.1) is 36.9 Å². The molecule has 0 aliphatic carbocycles. The van der Waals surface area contributed by atoms with Gasteiger partial charge in [-0.2, -0.15) is 9.97 Å². The third-order valence-corrected chi connectivity index (χ3v) is 7.24. The second-order valence-electron chi connectivity index (χ2n) is 10.0. The SMILES string of the molecule is OC[C@@H](COCc1ccccc1)Nc1nc(N2CCN(c3ccc(O)cc3)CC2)nc2c1ccn2-c1ccncc1. The third kappa shape index (κ3) is 6.08. The molecule has 1 fully saturated rings. The highest BCUT2D eigenvalue weighted by molar-refractivity contribution is 5.90. The minimum atomic E-state index is -0.347. The number of hydrogen-bond acceptors (Lipinski definition) is 9. The topological polar surface area (TPSA) is 112 Å². The average molecular weight is 552 g/mol. The number of aliphatic hydroxyl groups excluding tert-OH is 1. The van der Waals surface area contributed by atoms with Crippen LogP contribution in [0.4, 0.5) is 17.5 Å². The highest BCUT2D eigenvalue weighted by Gasteiger charge is 2.23. The monoisotopic (exact) mass is 551 g/mol. The van der Waals surface area contributed by atoms with Crippen LogP contribution in [0, 0.1) is 0 Å². The fourth-order valence-electron chi connectivity index (χ4n) is 5.02. The quantitative estimate of drug-likeness (QED) is 0.238. The van der Waals surface area contributed by atoms with E-state index < -0.39 is 0 Å². The van der Waals surface area contributed by atoms with E-state index in [1.807, 2.05) is 71.4 Å². The number of phenols is 1. The molecule has 0 unspecified atom stereocenters. The van der Waals surface area contributed by atoms with Gasteiger partial charge in [-0.05, 0) is 48.0 Å². The number of phenolic OH excluding ortho intramolecular Hbond substituents is 1. The Kier molecular flexibility index (Phi) is 7.92. The van der Waals surface area contributed by atoms with E-state index in [0.717, 1.165) is 54.2 Å². The number of fused-ring (bicyclic) bond motifs is 1. The summed E-state index contributed by atoms with van der Waals surface area (Å²) in [5.41, 5.74) is 3.88. The molecule has 1 atom stereocenters. The van der Waals surface area contributed by atoms with Gasteiger partial charge in [0.1, 0.15) is 11.6 Å². The zero-order valence-electron chi connectivity index (χ0n) is 22.7. The molecule has 1 saturated heterocycles. The molecular weight excluding hydrogens is 518 g/mol. The highest BCUT2D eigenvalue weighted by Crippen LogP contribution is 2.29. The van der Waals surface area contributed by atoms with E-state index >= 15 is 0 Å². The molecule has 3 aromatic heterocycles. The van der Waals surface area contributed by atoms with E-state index in [-0.39, 0.29) is 18.4 Å². The molecule has 41 heavy (non-hydrogen) atoms. The lowest BCUT2D eigenvalue weighted by atomic mass is 10.2. The number of pyridine rings is 1. The van der Waals surface area contributed by atoms with Crippen LogP contribution in [0.5, 0.6) is 5.75 Å². The molecule has 10 nitrogen and oxygen atoms in total. The van der Waals surface area contributed by atoms with Crippen LogP contribution in [-0.2, 0) is 11.3 Å². The lowest BCUT2D eigenvalue weighted by Crippen LogP contribution is -2.47. The molecule has 0 spiro atoms. The van der Waals surface area contributed by atoms with E-state index in [1.165, 1.54) is 0 Å². The van der Waals surface area contributed by atoms with E-state index in [4.69, 9.17) is 14.7 Å². The Balaban J connectivity index is 1.25. The molecule has 0 saturated carbocycles. The van der Waals surface area contributed by atoms with Gasteiger partial charge in [0, 0.05) is 50.5 Å². The fourth-order valence-corrected chi connectivity index (χ4v) is 5.02. The van der Waals surface area contributed by atoms with Crippen LogP contribution in [0.1, 0.15) is 5.56 Å². The molecule has 10 heteroatoms. The Morgan fingerprint density at radius 1 is 0.829 bits per heavy atom. The molecular formula is C31H33N7O3. The zero-order chi connectivity index (χ0) is 28.0. The Bertz CT molecular complexity index is 1550. The minimum absolute atomic E-state index is 0.105. The van der Waals surface area contributed by atoms with Crippen LogP contribution in [-0.4, -0.2) is 75.2 Å². The summed E-state index contributed by atoms with van der Waals surface area (Å²) in [5.74, 6) is 1.54. The van der Waals surface area contributed by atoms with Gasteiger partial charge in [-0.15, -0.1) is 0 Å². The zero-order valence-corrected chi connectivity index (χ0v) is 22.7. The second-order valence-corrected chi connectivity index (χ2v) is 10.0. The van der Waals surface area contributed by atoms with Crippen molar-refractivity contribution in [1.29, 1.82) is 0 Å². The number of aliphatic hydroxyl groups is 1. The average Bonchev–Trinajstić information content (AvgIpc) is 3.46. The number of ether oxygens (including phenoxy) is 1. The Morgan fingerprint density at radius 2 is 1.56 bits per heavy atom. The van der Waals surface area contributed by atoms with Crippen molar-refractivity contribution < 1.29 is 14.9 Å². The number of nitrogens with one attached hydrogen (secondary N) is 1. The number of rotatable bonds is 10. The van der Waals surface area contributed by atoms with Gasteiger partial charge in [-0.1, -0.05) is 30.3 Å². The van der Waals surface area contributed by atoms with Gasteiger partial charge < -0.3 is 34.6 Å². The predicted octanol–water partition coefficient (Wildman–Crippen LogP) is 3.84. The number of nitrogens with zero attached hydrogens (tertiary/aromatic N) is 6. The standard InChI is InChI=1S/C31H33N7O3/c39-20-24(22-41-21-23-4-2-1-3-5-23)33-29-28-12-15-38(26-10-13-32-14-11-26)30(28)35-31(34-29)37-18-16-36(17-19-37)25-6-8-27(40)9-7-25/h1-15,24,39-40H,16-22H2,(H,33,34,35)/t24-/m0/s1. The summed E-state index contributed by atoms with van der Waals surface area (Å²) in [4.78, 5) is 18.6. The first kappa shape index (κ1) is 26.5. The Labute approximate surface area is 238 Å². The van der Waals surface area contributed by atoms with Crippen LogP contribution in [0.25, 0.3) is 16.7 Å². The molecule has 2 aromatic carbocycles. The van der Waals surface area contributed by atoms with E-state index in [2.05, 4.69) is 20.1 Å². The van der Waals surface area contributed by atoms with E-state index in [9.17, 15) is 10.2 Å². The number of anilines is 3. The van der Waals surface area contributed by atoms with Crippen LogP contribution >= 0.6 is 0 Å². The van der Waals surface area contributed by atoms with Crippen molar-refractivity contribution in [3.8, 4) is 11.4 Å². The molecule has 3 N–H and O–H groups in total. The molecule has 6 rings (SSSR count). The highest BCUT2D eigenvalue weighted by atomic mass is 16.5. The van der Waals surface area contributed by atoms with Gasteiger partial charge in [-0.3, -0.25) is 4.98 Å². The summed E-state index contributed by atoms with van der Waals surface area (Å²) in [6.45, 7) is 3.76. The van der Waals surface area contributed by atoms with Gasteiger partial charge in [0.15, 0.2) is 5.65 Å². The van der Waals surface area contributed by atoms with Gasteiger partial charge in [0.25, 0.3) is 0 Å². The second kappa shape index (κ2) is 12.2. The first-order valence-electron chi connectivity index (χ1n) is 13.8. The fraction of sp³-hybridized carbons (Fsp3) is 0.258. The van der Waals surface area contributed by atoms with Crippen molar-refractivity contribution in [3.05, 3.63) is 97.0 Å². The smallest absolute Gasteiger partial charge is 0.229 e. The maximum atomic E-state index is 10.2. The largest absolute Gasteiger partial charge is 0.508 e. The lowest BCUT2D eigenvalue weighted by Gasteiger charge is -2.36. The van der Waals surface area contributed by atoms with E-state index in [1.54, 1.807) is 24.5 Å². The van der Waals surface area contributed by atoms with E-state index in [0.29, 0.717) is 25.0 Å². The molecule has 1 aliphatic rings. The minimum Gasteiger partial charge on any atom is -0.508 e. The van der Waals surface area contributed by atoms with Gasteiger partial charge in [-0.25, -0.2) is 0 Å². The summed E-state index contributed by atoms with van der Waals surface area (Å²) in [5, 5.41) is 24.1. The first-order chi connectivity index (χ1) is 20.2. The number of aromatic nitrogens is 4. The molecule has 0 bridgehead atoms. The molecule has 5 aromatic rings. The van der Waals surface area contributed by atoms with Crippen molar-refractivity contribution in [2.75, 3.05) is 54.5 Å². The number of aromatic hydroxyl groups is 1. The maximum absolute atomic E-state index is 10.2. The predicted molar refractivity (Wildman–Crippen MR) is 160 cm³/mol. The number of piperazine rings is 1. The van der Waals surface area contributed by atoms with Crippen molar-refractivity contribution in [2.45, 2.75) is 12.6 Å². The van der Waals surface area contributed by atoms with Gasteiger partial charge >= 0.3 is 0 Å². The Morgan fingerprint density at radius 3 is 2.29 bits per heavy atom. The Hall–Kier alpha value is -4.67. The molecule has 1 aliphatic heterocycles. The van der Waals surface area contributed by atoms with Crippen molar-refractivity contribution in [1.82, 2.24) is 19.5 Å². The first-order valence-corrected chi connectivity index (χ1v) is 13.8. The summed E-state index contributed by atoms with van der Waals surface area (Å²) < 4.78 is 7.96. The van der Waals surface area contributed by atoms with Gasteiger partial charge in [0.2, 0.25) is 5.95 Å². The number of hydrogen-bond donors (Lipinski definition) is 3. The normalized spacial score (nSPS) is 14.4. The summed E-state index contributed by atoms with van der Waals surface area (Å²) in [7, 11) is 0. The molecule has 4 heterocycles. The van der Waals surface area contributed by atoms with Crippen LogP contribution < -0.4 is 15.1 Å². The summed E-state index contributed by atoms with van der Waals surface area (Å²) in [6, 6.07) is 22.8. The van der Waals surface area contributed by atoms with Crippen molar-refractivity contribution in [2.24, 2.45) is 0 Å². The summed E-state index contributed by atoms with van der Waals surface area (Å²) >= 11 is 0. The molecule has 0 radical (unpaired) electrons. The van der Waals surface area contributed by atoms with Crippen molar-refractivity contribution >= 4 is 28.5 Å². The van der Waals surface area contributed by atoms with Crippen LogP contribution in [0.2, 0.25) is 0 Å². The molecule has 0 amide bonds. The summed E-state index contributed by atoms with van der Waals surface area (Å²) in [6.07, 6.45) is 5.50. The lowest BCUT2D eigenvalue weighted by molar-refractivity contribution is 0.0951. The number of benzene rings is 2. The van der Waals surface area contributed by atoms with Crippen LogP contribution in [0.3, 0.4) is 0 Å². The van der Waals surface area contributed by atoms with Crippen molar-refractivity contribution in [3.63, 3.8) is 0 Å². The maximum Gasteiger partial charge on any atom is 0.229 e. The van der Waals surface area contributed by atoms with Crippen LogP contribution in [0.15, 0.2) is 91.4 Å².